The maximum Gasteiger partial charge on any atom is 0.269 e. The molecule has 0 spiro atoms. The van der Waals surface area contributed by atoms with Crippen molar-refractivity contribution in [1.29, 1.82) is 0 Å². The number of nitrogens with one attached hydrogen (secondary N) is 1. The molecule has 2 atom stereocenters. The van der Waals surface area contributed by atoms with Gasteiger partial charge in [0.25, 0.3) is 11.6 Å². The first-order valence-electron chi connectivity index (χ1n) is 7.23. The molecule has 0 unspecified atom stereocenters. The summed E-state index contributed by atoms with van der Waals surface area (Å²) in [5.74, 6) is -3.44. The lowest BCUT2D eigenvalue weighted by molar-refractivity contribution is -0.384. The van der Waals surface area contributed by atoms with Crippen LogP contribution in [0.2, 0.25) is 5.02 Å². The third-order valence-corrected chi connectivity index (χ3v) is 3.91. The molecule has 0 aromatic heterocycles. The Bertz CT molecular complexity index is 832. The molecule has 0 saturated heterocycles. The van der Waals surface area contributed by atoms with Crippen molar-refractivity contribution in [2.75, 3.05) is 6.61 Å². The normalized spacial score (nSPS) is 13.1. The summed E-state index contributed by atoms with van der Waals surface area (Å²) in [6, 6.07) is 4.85. The Balaban J connectivity index is 2.19. The zero-order valence-electron chi connectivity index (χ0n) is 13.0. The monoisotopic (exact) mass is 386 g/mol. The van der Waals surface area contributed by atoms with E-state index in [9.17, 15) is 33.9 Å². The summed E-state index contributed by atoms with van der Waals surface area (Å²) < 4.78 is 26.4. The number of aliphatic hydroxyl groups excluding tert-OH is 2. The number of hydrogen-bond acceptors (Lipinski definition) is 5. The quantitative estimate of drug-likeness (QED) is 0.401. The highest BCUT2D eigenvalue weighted by atomic mass is 35.5. The van der Waals surface area contributed by atoms with Gasteiger partial charge in [0.1, 0.15) is 6.10 Å². The second kappa shape index (κ2) is 8.17. The maximum atomic E-state index is 13.3. The smallest absolute Gasteiger partial charge is 0.269 e. The van der Waals surface area contributed by atoms with E-state index in [0.29, 0.717) is 12.1 Å². The minimum Gasteiger partial charge on any atom is -0.394 e. The second-order valence-corrected chi connectivity index (χ2v) is 5.71. The number of nitrogens with zero attached hydrogens (tertiary/aromatic N) is 1. The molecule has 0 fully saturated rings. The molecule has 0 radical (unpaired) electrons. The number of halogens is 3. The van der Waals surface area contributed by atoms with Crippen LogP contribution < -0.4 is 5.32 Å². The summed E-state index contributed by atoms with van der Waals surface area (Å²) in [4.78, 5) is 22.2. The van der Waals surface area contributed by atoms with Crippen molar-refractivity contribution in [3.63, 3.8) is 0 Å². The Kier molecular flexibility index (Phi) is 6.19. The van der Waals surface area contributed by atoms with Crippen LogP contribution in [0.5, 0.6) is 0 Å². The summed E-state index contributed by atoms with van der Waals surface area (Å²) in [5.41, 5.74) is -0.370. The molecule has 0 aliphatic rings. The number of rotatable bonds is 6. The number of carbonyl (C=O) groups is 1. The van der Waals surface area contributed by atoms with E-state index in [4.69, 9.17) is 11.6 Å². The van der Waals surface area contributed by atoms with Gasteiger partial charge in [-0.3, -0.25) is 14.9 Å². The van der Waals surface area contributed by atoms with E-state index in [1.54, 1.807) is 0 Å². The molecule has 3 N–H and O–H groups in total. The van der Waals surface area contributed by atoms with Crippen LogP contribution in [-0.4, -0.2) is 33.7 Å². The van der Waals surface area contributed by atoms with Gasteiger partial charge >= 0.3 is 0 Å². The van der Waals surface area contributed by atoms with Crippen molar-refractivity contribution in [1.82, 2.24) is 5.32 Å². The molecule has 0 aliphatic heterocycles. The van der Waals surface area contributed by atoms with Crippen molar-refractivity contribution in [2.24, 2.45) is 0 Å². The number of carbonyl (C=O) groups excluding carboxylic acids is 1. The van der Waals surface area contributed by atoms with E-state index >= 15 is 0 Å². The molecule has 0 aliphatic carbocycles. The maximum absolute atomic E-state index is 13.3. The number of nitro groups is 1. The zero-order valence-corrected chi connectivity index (χ0v) is 13.8. The Morgan fingerprint density at radius 1 is 1.23 bits per heavy atom. The number of non-ortho nitro benzene ring substituents is 1. The van der Waals surface area contributed by atoms with Gasteiger partial charge in [0, 0.05) is 12.1 Å². The Labute approximate surface area is 151 Å². The first-order chi connectivity index (χ1) is 12.2. The molecule has 26 heavy (non-hydrogen) atoms. The third kappa shape index (κ3) is 4.31. The zero-order chi connectivity index (χ0) is 19.4. The van der Waals surface area contributed by atoms with Crippen LogP contribution >= 0.6 is 11.6 Å². The lowest BCUT2D eigenvalue weighted by Gasteiger charge is -2.23. The van der Waals surface area contributed by atoms with E-state index in [2.05, 4.69) is 5.32 Å². The number of nitro benzene ring substituents is 1. The van der Waals surface area contributed by atoms with Gasteiger partial charge < -0.3 is 15.5 Å². The SMILES string of the molecule is O=C(N[C@H](CO)[C@H](O)c1ccc([N+](=O)[O-])cc1)c1cc(F)c(F)cc1Cl. The van der Waals surface area contributed by atoms with Gasteiger partial charge in [-0.15, -0.1) is 0 Å². The van der Waals surface area contributed by atoms with E-state index in [1.165, 1.54) is 12.1 Å². The van der Waals surface area contributed by atoms with Gasteiger partial charge in [0.05, 0.1) is 28.2 Å². The average molecular weight is 387 g/mol. The van der Waals surface area contributed by atoms with Crippen LogP contribution in [0, 0.1) is 21.7 Å². The number of amides is 1. The highest BCUT2D eigenvalue weighted by molar-refractivity contribution is 6.33. The molecule has 138 valence electrons. The van der Waals surface area contributed by atoms with Crippen molar-refractivity contribution < 1.29 is 28.7 Å². The Hall–Kier alpha value is -2.62. The van der Waals surface area contributed by atoms with Gasteiger partial charge in [-0.2, -0.15) is 0 Å². The summed E-state index contributed by atoms with van der Waals surface area (Å²) in [6.07, 6.45) is -1.41. The van der Waals surface area contributed by atoms with Crippen molar-refractivity contribution in [3.8, 4) is 0 Å². The fraction of sp³-hybridized carbons (Fsp3) is 0.188. The van der Waals surface area contributed by atoms with Gasteiger partial charge in [-0.1, -0.05) is 11.6 Å². The van der Waals surface area contributed by atoms with Crippen LogP contribution in [0.4, 0.5) is 14.5 Å². The fourth-order valence-electron chi connectivity index (χ4n) is 2.19. The van der Waals surface area contributed by atoms with Crippen LogP contribution in [0.15, 0.2) is 36.4 Å². The van der Waals surface area contributed by atoms with E-state index in [0.717, 1.165) is 12.1 Å². The van der Waals surface area contributed by atoms with Crippen molar-refractivity contribution in [2.45, 2.75) is 12.1 Å². The summed E-state index contributed by atoms with van der Waals surface area (Å²) in [5, 5.41) is 32.2. The fourth-order valence-corrected chi connectivity index (χ4v) is 2.43. The first-order valence-corrected chi connectivity index (χ1v) is 7.61. The molecule has 7 nitrogen and oxygen atoms in total. The predicted molar refractivity (Wildman–Crippen MR) is 87.8 cm³/mol. The van der Waals surface area contributed by atoms with E-state index in [-0.39, 0.29) is 21.8 Å². The molecule has 0 saturated carbocycles. The molecule has 2 aromatic rings. The minimum absolute atomic E-state index is 0.195. The molecule has 1 amide bonds. The largest absolute Gasteiger partial charge is 0.394 e. The van der Waals surface area contributed by atoms with Crippen molar-refractivity contribution >= 4 is 23.2 Å². The summed E-state index contributed by atoms with van der Waals surface area (Å²) in [6.45, 7) is -0.689. The molecular formula is C16H13ClF2N2O5. The first kappa shape index (κ1) is 19.7. The number of benzene rings is 2. The van der Waals surface area contributed by atoms with Crippen LogP contribution in [0.3, 0.4) is 0 Å². The molecule has 0 bridgehead atoms. The average Bonchev–Trinajstić information content (AvgIpc) is 2.62. The number of aliphatic hydroxyl groups is 2. The summed E-state index contributed by atoms with van der Waals surface area (Å²) in [7, 11) is 0. The van der Waals surface area contributed by atoms with Crippen molar-refractivity contribution in [3.05, 3.63) is 74.3 Å². The van der Waals surface area contributed by atoms with Gasteiger partial charge in [-0.25, -0.2) is 8.78 Å². The van der Waals surface area contributed by atoms with Crippen LogP contribution in [0.1, 0.15) is 22.0 Å². The lowest BCUT2D eigenvalue weighted by Crippen LogP contribution is -2.42. The molecule has 2 rings (SSSR count). The molecular weight excluding hydrogens is 374 g/mol. The highest BCUT2D eigenvalue weighted by Gasteiger charge is 2.25. The van der Waals surface area contributed by atoms with Gasteiger partial charge in [0.15, 0.2) is 11.6 Å². The summed E-state index contributed by atoms with van der Waals surface area (Å²) >= 11 is 5.71. The molecule has 10 heteroatoms. The van der Waals surface area contributed by atoms with E-state index < -0.39 is 41.2 Å². The van der Waals surface area contributed by atoms with Crippen LogP contribution in [-0.2, 0) is 0 Å². The second-order valence-electron chi connectivity index (χ2n) is 5.30. The minimum atomic E-state index is -1.41. The predicted octanol–water partition coefficient (Wildman–Crippen LogP) is 2.35. The van der Waals surface area contributed by atoms with Crippen LogP contribution in [0.25, 0.3) is 0 Å². The Morgan fingerprint density at radius 2 is 1.81 bits per heavy atom. The topological polar surface area (TPSA) is 113 Å². The third-order valence-electron chi connectivity index (χ3n) is 3.59. The van der Waals surface area contributed by atoms with E-state index in [1.807, 2.05) is 0 Å². The number of hydrogen-bond donors (Lipinski definition) is 3. The van der Waals surface area contributed by atoms with Gasteiger partial charge in [0.2, 0.25) is 0 Å². The standard InChI is InChI=1S/C16H13ClF2N2O5/c17-11-6-13(19)12(18)5-10(11)16(24)20-14(7-22)15(23)8-1-3-9(4-2-8)21(25)26/h1-6,14-15,22-23H,7H2,(H,20,24)/t14-,15-/m1/s1. The Morgan fingerprint density at radius 3 is 2.35 bits per heavy atom. The molecule has 0 heterocycles. The van der Waals surface area contributed by atoms with Gasteiger partial charge in [-0.05, 0) is 29.8 Å². The molecule has 2 aromatic carbocycles. The highest BCUT2D eigenvalue weighted by Crippen LogP contribution is 2.23. The lowest BCUT2D eigenvalue weighted by atomic mass is 10.0.